The lowest BCUT2D eigenvalue weighted by molar-refractivity contribution is 0.0951. The number of hydrogen-bond acceptors (Lipinski definition) is 5. The van der Waals surface area contributed by atoms with Gasteiger partial charge < -0.3 is 15.1 Å². The van der Waals surface area contributed by atoms with Gasteiger partial charge in [0.1, 0.15) is 0 Å². The number of carbonyl (C=O) groups excluding carboxylic acids is 1. The summed E-state index contributed by atoms with van der Waals surface area (Å²) in [4.78, 5) is 22.7. The minimum atomic E-state index is -0.0445. The minimum Gasteiger partial charge on any atom is -0.369 e. The van der Waals surface area contributed by atoms with E-state index in [1.165, 1.54) is 11.3 Å². The van der Waals surface area contributed by atoms with E-state index in [0.29, 0.717) is 12.1 Å². The van der Waals surface area contributed by atoms with Crippen molar-refractivity contribution in [3.63, 3.8) is 0 Å². The summed E-state index contributed by atoms with van der Waals surface area (Å²) in [7, 11) is 2.16. The Morgan fingerprint density at radius 2 is 1.77 bits per heavy atom. The molecule has 1 aliphatic heterocycles. The zero-order valence-corrected chi connectivity index (χ0v) is 18.6. The van der Waals surface area contributed by atoms with Crippen LogP contribution in [-0.2, 0) is 12.3 Å². The van der Waals surface area contributed by atoms with Crippen LogP contribution in [0.15, 0.2) is 78.0 Å². The average Bonchev–Trinajstić information content (AvgIpc) is 2.83. The molecule has 1 aromatic heterocycles. The lowest BCUT2D eigenvalue weighted by atomic mass is 10.1. The Hall–Kier alpha value is -2.83. The molecular weight excluding hydrogens is 404 g/mol. The van der Waals surface area contributed by atoms with E-state index < -0.39 is 0 Å². The molecule has 160 valence electrons. The van der Waals surface area contributed by atoms with Gasteiger partial charge in [-0.25, -0.2) is 0 Å². The third kappa shape index (κ3) is 5.87. The van der Waals surface area contributed by atoms with Crippen molar-refractivity contribution in [2.24, 2.45) is 0 Å². The molecule has 3 aromatic rings. The zero-order chi connectivity index (χ0) is 21.5. The molecule has 5 nitrogen and oxygen atoms in total. The van der Waals surface area contributed by atoms with Crippen molar-refractivity contribution in [1.82, 2.24) is 15.2 Å². The first-order valence-corrected chi connectivity index (χ1v) is 11.6. The SMILES string of the molecule is CN1CCN(c2ccccc2CNC(=O)c2ccc(SCc3cccnc3)cc2)CC1. The predicted molar refractivity (Wildman–Crippen MR) is 128 cm³/mol. The highest BCUT2D eigenvalue weighted by Gasteiger charge is 2.17. The number of piperazine rings is 1. The fourth-order valence-electron chi connectivity index (χ4n) is 3.65. The number of amides is 1. The van der Waals surface area contributed by atoms with Crippen molar-refractivity contribution in [3.8, 4) is 0 Å². The maximum Gasteiger partial charge on any atom is 0.251 e. The van der Waals surface area contributed by atoms with Gasteiger partial charge in [0.25, 0.3) is 5.91 Å². The van der Waals surface area contributed by atoms with Crippen LogP contribution in [0.2, 0.25) is 0 Å². The molecule has 0 saturated carbocycles. The first-order valence-electron chi connectivity index (χ1n) is 10.6. The molecule has 2 heterocycles. The normalized spacial score (nSPS) is 14.4. The van der Waals surface area contributed by atoms with E-state index >= 15 is 0 Å². The van der Waals surface area contributed by atoms with Gasteiger partial charge >= 0.3 is 0 Å². The lowest BCUT2D eigenvalue weighted by Crippen LogP contribution is -2.45. The largest absolute Gasteiger partial charge is 0.369 e. The summed E-state index contributed by atoms with van der Waals surface area (Å²) >= 11 is 1.74. The summed E-state index contributed by atoms with van der Waals surface area (Å²) in [6.45, 7) is 4.68. The summed E-state index contributed by atoms with van der Waals surface area (Å²) in [5.74, 6) is 0.819. The van der Waals surface area contributed by atoms with Crippen LogP contribution >= 0.6 is 11.8 Å². The van der Waals surface area contributed by atoms with E-state index in [0.717, 1.165) is 42.4 Å². The van der Waals surface area contributed by atoms with Crippen LogP contribution in [-0.4, -0.2) is 49.0 Å². The van der Waals surface area contributed by atoms with E-state index in [2.05, 4.69) is 51.4 Å². The summed E-state index contributed by atoms with van der Waals surface area (Å²) < 4.78 is 0. The van der Waals surface area contributed by atoms with Crippen molar-refractivity contribution in [3.05, 3.63) is 89.7 Å². The number of rotatable bonds is 7. The monoisotopic (exact) mass is 432 g/mol. The van der Waals surface area contributed by atoms with Crippen molar-refractivity contribution >= 4 is 23.4 Å². The highest BCUT2D eigenvalue weighted by Crippen LogP contribution is 2.24. The Bertz CT molecular complexity index is 986. The molecule has 1 fully saturated rings. The molecule has 0 aliphatic carbocycles. The Morgan fingerprint density at radius 3 is 2.52 bits per heavy atom. The predicted octanol–water partition coefficient (Wildman–Crippen LogP) is 4.06. The van der Waals surface area contributed by atoms with Crippen molar-refractivity contribution in [2.75, 3.05) is 38.1 Å². The second-order valence-electron chi connectivity index (χ2n) is 7.78. The number of nitrogens with one attached hydrogen (secondary N) is 1. The number of thioether (sulfide) groups is 1. The maximum atomic E-state index is 12.7. The number of aromatic nitrogens is 1. The number of likely N-dealkylation sites (N-methyl/N-ethyl adjacent to an activating group) is 1. The van der Waals surface area contributed by atoms with Gasteiger partial charge in [-0.2, -0.15) is 0 Å². The molecule has 1 saturated heterocycles. The zero-order valence-electron chi connectivity index (χ0n) is 17.8. The molecule has 1 aliphatic rings. The lowest BCUT2D eigenvalue weighted by Gasteiger charge is -2.35. The summed E-state index contributed by atoms with van der Waals surface area (Å²) in [5, 5.41) is 3.09. The quantitative estimate of drug-likeness (QED) is 0.571. The first kappa shape index (κ1) is 21.4. The van der Waals surface area contributed by atoms with Gasteiger partial charge in [-0.05, 0) is 54.6 Å². The molecule has 0 bridgehead atoms. The summed E-state index contributed by atoms with van der Waals surface area (Å²) in [6.07, 6.45) is 3.67. The standard InChI is InChI=1S/C25H28N4OS/c1-28-13-15-29(16-14-28)24-7-3-2-6-22(24)18-27-25(30)21-8-10-23(11-9-21)31-19-20-5-4-12-26-17-20/h2-12,17H,13-16,18-19H2,1H3,(H,27,30). The number of nitrogens with zero attached hydrogens (tertiary/aromatic N) is 3. The number of carbonyl (C=O) groups is 1. The fourth-order valence-corrected chi connectivity index (χ4v) is 4.48. The van der Waals surface area contributed by atoms with Crippen LogP contribution in [0, 0.1) is 0 Å². The molecule has 4 rings (SSSR count). The average molecular weight is 433 g/mol. The smallest absolute Gasteiger partial charge is 0.251 e. The fraction of sp³-hybridized carbons (Fsp3) is 0.280. The highest BCUT2D eigenvalue weighted by molar-refractivity contribution is 7.98. The molecule has 31 heavy (non-hydrogen) atoms. The minimum absolute atomic E-state index is 0.0445. The summed E-state index contributed by atoms with van der Waals surface area (Å²) in [5.41, 5.74) is 4.25. The maximum absolute atomic E-state index is 12.7. The second kappa shape index (κ2) is 10.5. The van der Waals surface area contributed by atoms with Gasteiger partial charge in [-0.1, -0.05) is 24.3 Å². The highest BCUT2D eigenvalue weighted by atomic mass is 32.2. The van der Waals surface area contributed by atoms with Crippen LogP contribution in [0.5, 0.6) is 0 Å². The van der Waals surface area contributed by atoms with E-state index in [9.17, 15) is 4.79 Å². The molecule has 0 atom stereocenters. The van der Waals surface area contributed by atoms with Crippen LogP contribution in [0.3, 0.4) is 0 Å². The van der Waals surface area contributed by atoms with Gasteiger partial charge in [0, 0.05) is 67.0 Å². The van der Waals surface area contributed by atoms with E-state index in [1.54, 1.807) is 18.0 Å². The van der Waals surface area contributed by atoms with Gasteiger partial charge in [-0.15, -0.1) is 11.8 Å². The number of benzene rings is 2. The first-order chi connectivity index (χ1) is 15.2. The third-order valence-corrected chi connectivity index (χ3v) is 6.60. The molecule has 0 spiro atoms. The third-order valence-electron chi connectivity index (χ3n) is 5.52. The van der Waals surface area contributed by atoms with Crippen molar-refractivity contribution in [1.29, 1.82) is 0 Å². The number of pyridine rings is 1. The Morgan fingerprint density at radius 1 is 1.00 bits per heavy atom. The molecule has 1 amide bonds. The second-order valence-corrected chi connectivity index (χ2v) is 8.82. The van der Waals surface area contributed by atoms with E-state index in [4.69, 9.17) is 0 Å². The van der Waals surface area contributed by atoms with Crippen LogP contribution < -0.4 is 10.2 Å². The molecule has 0 unspecified atom stereocenters. The Labute approximate surface area is 188 Å². The number of anilines is 1. The van der Waals surface area contributed by atoms with Crippen molar-refractivity contribution in [2.45, 2.75) is 17.2 Å². The number of hydrogen-bond donors (Lipinski definition) is 1. The topological polar surface area (TPSA) is 48.5 Å². The van der Waals surface area contributed by atoms with E-state index in [1.807, 2.05) is 42.6 Å². The Kier molecular flexibility index (Phi) is 7.22. The molecular formula is C25H28N4OS. The molecule has 1 N–H and O–H groups in total. The van der Waals surface area contributed by atoms with Crippen LogP contribution in [0.4, 0.5) is 5.69 Å². The van der Waals surface area contributed by atoms with Gasteiger partial charge in [0.2, 0.25) is 0 Å². The van der Waals surface area contributed by atoms with Gasteiger partial charge in [0.15, 0.2) is 0 Å². The number of para-hydroxylation sites is 1. The van der Waals surface area contributed by atoms with Crippen LogP contribution in [0.25, 0.3) is 0 Å². The van der Waals surface area contributed by atoms with Crippen molar-refractivity contribution < 1.29 is 4.79 Å². The molecule has 6 heteroatoms. The van der Waals surface area contributed by atoms with E-state index in [-0.39, 0.29) is 5.91 Å². The van der Waals surface area contributed by atoms with Crippen LogP contribution in [0.1, 0.15) is 21.5 Å². The molecule has 2 aromatic carbocycles. The Balaban J connectivity index is 1.33. The molecule has 0 radical (unpaired) electrons. The summed E-state index contributed by atoms with van der Waals surface area (Å²) in [6, 6.07) is 20.2. The van der Waals surface area contributed by atoms with Gasteiger partial charge in [-0.3, -0.25) is 9.78 Å². The van der Waals surface area contributed by atoms with Gasteiger partial charge in [0.05, 0.1) is 0 Å².